The van der Waals surface area contributed by atoms with Gasteiger partial charge in [-0.2, -0.15) is 5.10 Å². The highest BCUT2D eigenvalue weighted by Gasteiger charge is 2.15. The van der Waals surface area contributed by atoms with Gasteiger partial charge >= 0.3 is 0 Å². The lowest BCUT2D eigenvalue weighted by atomic mass is 10.0. The quantitative estimate of drug-likeness (QED) is 0.766. The molecule has 0 aliphatic heterocycles. The van der Waals surface area contributed by atoms with Gasteiger partial charge in [-0.1, -0.05) is 44.2 Å². The molecule has 3 aromatic rings. The van der Waals surface area contributed by atoms with Gasteiger partial charge < -0.3 is 5.32 Å². The number of carbonyl (C=O) groups excluding carboxylic acids is 1. The third-order valence-electron chi connectivity index (χ3n) is 3.90. The van der Waals surface area contributed by atoms with E-state index >= 15 is 0 Å². The van der Waals surface area contributed by atoms with Crippen LogP contribution < -0.4 is 5.32 Å². The van der Waals surface area contributed by atoms with Gasteiger partial charge in [0.15, 0.2) is 0 Å². The molecule has 1 aromatic heterocycles. The zero-order chi connectivity index (χ0) is 17.1. The number of anilines is 1. The lowest BCUT2D eigenvalue weighted by molar-refractivity contribution is 0.101. The third kappa shape index (κ3) is 3.38. The van der Waals surface area contributed by atoms with Crippen LogP contribution in [0.3, 0.4) is 0 Å². The number of hydrogen-bond acceptors (Lipinski definition) is 2. The van der Waals surface area contributed by atoms with E-state index < -0.39 is 0 Å². The highest BCUT2D eigenvalue weighted by Crippen LogP contribution is 2.19. The van der Waals surface area contributed by atoms with Gasteiger partial charge in [0.2, 0.25) is 0 Å². The van der Waals surface area contributed by atoms with Crippen molar-refractivity contribution >= 4 is 11.6 Å². The Morgan fingerprint density at radius 2 is 1.71 bits per heavy atom. The Morgan fingerprint density at radius 1 is 1.04 bits per heavy atom. The second kappa shape index (κ2) is 6.71. The van der Waals surface area contributed by atoms with Crippen molar-refractivity contribution < 1.29 is 4.79 Å². The van der Waals surface area contributed by atoms with E-state index in [4.69, 9.17) is 0 Å². The Labute approximate surface area is 142 Å². The Balaban J connectivity index is 1.85. The van der Waals surface area contributed by atoms with Crippen molar-refractivity contribution in [1.29, 1.82) is 0 Å². The van der Waals surface area contributed by atoms with Crippen molar-refractivity contribution in [2.24, 2.45) is 0 Å². The molecule has 0 aliphatic carbocycles. The zero-order valence-corrected chi connectivity index (χ0v) is 14.2. The summed E-state index contributed by atoms with van der Waals surface area (Å²) >= 11 is 0. The molecule has 4 nitrogen and oxygen atoms in total. The van der Waals surface area contributed by atoms with Gasteiger partial charge in [0.1, 0.15) is 5.69 Å². The van der Waals surface area contributed by atoms with Crippen LogP contribution in [0, 0.1) is 6.92 Å². The molecule has 2 aromatic carbocycles. The number of amides is 1. The maximum Gasteiger partial charge on any atom is 0.274 e. The van der Waals surface area contributed by atoms with Crippen molar-refractivity contribution in [2.45, 2.75) is 26.7 Å². The molecule has 1 amide bonds. The van der Waals surface area contributed by atoms with E-state index in [1.165, 1.54) is 5.56 Å². The highest BCUT2D eigenvalue weighted by atomic mass is 16.2. The molecule has 0 aliphatic rings. The zero-order valence-electron chi connectivity index (χ0n) is 14.2. The minimum Gasteiger partial charge on any atom is -0.321 e. The number of nitrogens with zero attached hydrogens (tertiary/aromatic N) is 2. The number of aryl methyl sites for hydroxylation is 1. The van der Waals surface area contributed by atoms with Crippen LogP contribution in [0.1, 0.15) is 41.5 Å². The SMILES string of the molecule is Cc1cc(C(=O)Nc2ccc(C(C)C)cc2)n(-c2ccccc2)n1. The third-order valence-corrected chi connectivity index (χ3v) is 3.90. The number of hydrogen-bond donors (Lipinski definition) is 1. The summed E-state index contributed by atoms with van der Waals surface area (Å²) < 4.78 is 1.67. The molecule has 3 rings (SSSR count). The first kappa shape index (κ1) is 16.0. The predicted molar refractivity (Wildman–Crippen MR) is 96.8 cm³/mol. The number of carbonyl (C=O) groups is 1. The number of benzene rings is 2. The smallest absolute Gasteiger partial charge is 0.274 e. The van der Waals surface area contributed by atoms with Gasteiger partial charge in [-0.05, 0) is 48.7 Å². The van der Waals surface area contributed by atoms with Crippen LogP contribution in [0.5, 0.6) is 0 Å². The van der Waals surface area contributed by atoms with E-state index in [1.54, 1.807) is 10.7 Å². The first-order valence-electron chi connectivity index (χ1n) is 8.08. The van der Waals surface area contributed by atoms with E-state index in [0.717, 1.165) is 17.1 Å². The van der Waals surface area contributed by atoms with Crippen LogP contribution in [0.4, 0.5) is 5.69 Å². The van der Waals surface area contributed by atoms with Crippen molar-refractivity contribution in [3.63, 3.8) is 0 Å². The van der Waals surface area contributed by atoms with Crippen LogP contribution in [-0.4, -0.2) is 15.7 Å². The first-order valence-corrected chi connectivity index (χ1v) is 8.08. The minimum absolute atomic E-state index is 0.170. The van der Waals surface area contributed by atoms with Crippen LogP contribution in [0.15, 0.2) is 60.7 Å². The van der Waals surface area contributed by atoms with Gasteiger partial charge in [0.25, 0.3) is 5.91 Å². The maximum absolute atomic E-state index is 12.7. The van der Waals surface area contributed by atoms with Gasteiger partial charge in [0.05, 0.1) is 11.4 Å². The summed E-state index contributed by atoms with van der Waals surface area (Å²) in [5, 5.41) is 7.38. The molecular weight excluding hydrogens is 298 g/mol. The number of aromatic nitrogens is 2. The minimum atomic E-state index is -0.170. The summed E-state index contributed by atoms with van der Waals surface area (Å²) in [5.74, 6) is 0.300. The summed E-state index contributed by atoms with van der Waals surface area (Å²) in [4.78, 5) is 12.7. The normalized spacial score (nSPS) is 10.8. The van der Waals surface area contributed by atoms with E-state index in [0.29, 0.717) is 11.6 Å². The largest absolute Gasteiger partial charge is 0.321 e. The second-order valence-corrected chi connectivity index (χ2v) is 6.15. The summed E-state index contributed by atoms with van der Waals surface area (Å²) in [5.41, 5.74) is 4.22. The predicted octanol–water partition coefficient (Wildman–Crippen LogP) is 4.56. The molecule has 1 heterocycles. The molecule has 0 unspecified atom stereocenters. The van der Waals surface area contributed by atoms with Crippen LogP contribution in [0.2, 0.25) is 0 Å². The van der Waals surface area contributed by atoms with Crippen LogP contribution in [-0.2, 0) is 0 Å². The molecule has 0 spiro atoms. The lowest BCUT2D eigenvalue weighted by Crippen LogP contribution is -2.17. The summed E-state index contributed by atoms with van der Waals surface area (Å²) in [6, 6.07) is 19.4. The average Bonchev–Trinajstić information content (AvgIpc) is 2.98. The molecule has 0 radical (unpaired) electrons. The van der Waals surface area contributed by atoms with Crippen molar-refractivity contribution in [1.82, 2.24) is 9.78 Å². The van der Waals surface area contributed by atoms with E-state index in [1.807, 2.05) is 61.5 Å². The molecule has 1 N–H and O–H groups in total. The van der Waals surface area contributed by atoms with Gasteiger partial charge in [-0.25, -0.2) is 4.68 Å². The fraction of sp³-hybridized carbons (Fsp3) is 0.200. The van der Waals surface area contributed by atoms with E-state index in [-0.39, 0.29) is 5.91 Å². The average molecular weight is 319 g/mol. The Hall–Kier alpha value is -2.88. The fourth-order valence-electron chi connectivity index (χ4n) is 2.57. The fourth-order valence-corrected chi connectivity index (χ4v) is 2.57. The van der Waals surface area contributed by atoms with Gasteiger partial charge in [-0.15, -0.1) is 0 Å². The topological polar surface area (TPSA) is 46.9 Å². The molecule has 0 atom stereocenters. The molecule has 122 valence electrons. The second-order valence-electron chi connectivity index (χ2n) is 6.15. The molecule has 0 fully saturated rings. The molecular formula is C20H21N3O. The molecule has 0 saturated heterocycles. The number of para-hydroxylation sites is 1. The Kier molecular flexibility index (Phi) is 4.47. The van der Waals surface area contributed by atoms with Crippen LogP contribution >= 0.6 is 0 Å². The van der Waals surface area contributed by atoms with Crippen LogP contribution in [0.25, 0.3) is 5.69 Å². The maximum atomic E-state index is 12.7. The monoisotopic (exact) mass is 319 g/mol. The summed E-state index contributed by atoms with van der Waals surface area (Å²) in [6.07, 6.45) is 0. The molecule has 4 heteroatoms. The molecule has 0 bridgehead atoms. The standard InChI is InChI=1S/C20H21N3O/c1-14(2)16-9-11-17(12-10-16)21-20(24)19-13-15(3)22-23(19)18-7-5-4-6-8-18/h4-14H,1-3H3,(H,21,24). The van der Waals surface area contributed by atoms with Gasteiger partial charge in [0, 0.05) is 5.69 Å². The van der Waals surface area contributed by atoms with Crippen molar-refractivity contribution in [3.05, 3.63) is 77.6 Å². The highest BCUT2D eigenvalue weighted by molar-refractivity contribution is 6.03. The summed E-state index contributed by atoms with van der Waals surface area (Å²) in [7, 11) is 0. The first-order chi connectivity index (χ1) is 11.5. The summed E-state index contributed by atoms with van der Waals surface area (Å²) in [6.45, 7) is 6.18. The van der Waals surface area contributed by atoms with Gasteiger partial charge in [-0.3, -0.25) is 4.79 Å². The van der Waals surface area contributed by atoms with Crippen molar-refractivity contribution in [3.8, 4) is 5.69 Å². The number of nitrogens with one attached hydrogen (secondary N) is 1. The Morgan fingerprint density at radius 3 is 2.33 bits per heavy atom. The van der Waals surface area contributed by atoms with E-state index in [2.05, 4.69) is 24.3 Å². The molecule has 0 saturated carbocycles. The lowest BCUT2D eigenvalue weighted by Gasteiger charge is -2.10. The van der Waals surface area contributed by atoms with E-state index in [9.17, 15) is 4.79 Å². The number of rotatable bonds is 4. The van der Waals surface area contributed by atoms with Crippen molar-refractivity contribution in [2.75, 3.05) is 5.32 Å². The molecule has 24 heavy (non-hydrogen) atoms. The Bertz CT molecular complexity index is 833.